The van der Waals surface area contributed by atoms with Gasteiger partial charge in [0.25, 0.3) is 0 Å². The van der Waals surface area contributed by atoms with Crippen molar-refractivity contribution < 1.29 is 0 Å². The molecule has 0 saturated heterocycles. The van der Waals surface area contributed by atoms with Crippen LogP contribution in [0.1, 0.15) is 16.8 Å². The van der Waals surface area contributed by atoms with E-state index in [1.54, 1.807) is 0 Å². The van der Waals surface area contributed by atoms with Crippen molar-refractivity contribution in [1.82, 2.24) is 9.97 Å². The number of nitrogens with zero attached hydrogens (tertiary/aromatic N) is 2. The average Bonchev–Trinajstić information content (AvgIpc) is 2.39. The Kier molecular flexibility index (Phi) is 2.77. The van der Waals surface area contributed by atoms with E-state index in [0.717, 1.165) is 17.6 Å². The fourth-order valence-corrected chi connectivity index (χ4v) is 2.12. The maximum absolute atomic E-state index is 4.47. The standard InChI is InChI=1S/C16H14N2/c1-12-6-7-17-15(8-12)10-13-9-14-4-2-3-5-16(14)18-11-13/h2-9,11H,10H2,1H3. The highest BCUT2D eigenvalue weighted by Crippen LogP contribution is 2.15. The van der Waals surface area contributed by atoms with Gasteiger partial charge in [0.05, 0.1) is 5.52 Å². The minimum Gasteiger partial charge on any atom is -0.261 e. The molecule has 0 aliphatic rings. The monoisotopic (exact) mass is 234 g/mol. The van der Waals surface area contributed by atoms with Gasteiger partial charge >= 0.3 is 0 Å². The molecule has 0 unspecified atom stereocenters. The van der Waals surface area contributed by atoms with Crippen LogP contribution in [0.2, 0.25) is 0 Å². The molecule has 0 fully saturated rings. The predicted octanol–water partition coefficient (Wildman–Crippen LogP) is 3.53. The smallest absolute Gasteiger partial charge is 0.0702 e. The van der Waals surface area contributed by atoms with E-state index in [2.05, 4.69) is 35.1 Å². The maximum Gasteiger partial charge on any atom is 0.0702 e. The van der Waals surface area contributed by atoms with Crippen molar-refractivity contribution in [1.29, 1.82) is 0 Å². The molecule has 0 N–H and O–H groups in total. The number of pyridine rings is 2. The number of benzene rings is 1. The van der Waals surface area contributed by atoms with Gasteiger partial charge in [-0.2, -0.15) is 0 Å². The zero-order chi connectivity index (χ0) is 12.4. The maximum atomic E-state index is 4.47. The van der Waals surface area contributed by atoms with E-state index in [-0.39, 0.29) is 0 Å². The van der Waals surface area contributed by atoms with Gasteiger partial charge in [-0.3, -0.25) is 9.97 Å². The highest BCUT2D eigenvalue weighted by Gasteiger charge is 2.00. The Balaban J connectivity index is 1.95. The van der Waals surface area contributed by atoms with Gasteiger partial charge in [0, 0.05) is 29.9 Å². The Labute approximate surface area is 106 Å². The molecule has 2 heteroatoms. The third-order valence-electron chi connectivity index (χ3n) is 3.00. The number of rotatable bonds is 2. The lowest BCUT2D eigenvalue weighted by Crippen LogP contribution is -1.93. The highest BCUT2D eigenvalue weighted by molar-refractivity contribution is 5.78. The third kappa shape index (κ3) is 2.23. The molecular weight excluding hydrogens is 220 g/mol. The van der Waals surface area contributed by atoms with Crippen molar-refractivity contribution >= 4 is 10.9 Å². The molecule has 3 aromatic rings. The second-order valence-corrected chi connectivity index (χ2v) is 4.54. The van der Waals surface area contributed by atoms with Gasteiger partial charge in [-0.1, -0.05) is 18.2 Å². The summed E-state index contributed by atoms with van der Waals surface area (Å²) < 4.78 is 0. The Morgan fingerprint density at radius 2 is 1.89 bits per heavy atom. The third-order valence-corrected chi connectivity index (χ3v) is 3.00. The molecule has 0 radical (unpaired) electrons. The van der Waals surface area contributed by atoms with Crippen molar-refractivity contribution in [2.24, 2.45) is 0 Å². The predicted molar refractivity (Wildman–Crippen MR) is 73.5 cm³/mol. The lowest BCUT2D eigenvalue weighted by atomic mass is 10.1. The zero-order valence-electron chi connectivity index (χ0n) is 10.3. The molecule has 0 bridgehead atoms. The molecule has 2 aromatic heterocycles. The Morgan fingerprint density at radius 3 is 2.78 bits per heavy atom. The summed E-state index contributed by atoms with van der Waals surface area (Å²) in [4.78, 5) is 8.86. The summed E-state index contributed by atoms with van der Waals surface area (Å²) in [6, 6.07) is 14.5. The molecule has 3 rings (SSSR count). The number of hydrogen-bond acceptors (Lipinski definition) is 2. The molecule has 88 valence electrons. The molecule has 0 atom stereocenters. The molecule has 0 aliphatic carbocycles. The second-order valence-electron chi connectivity index (χ2n) is 4.54. The molecule has 1 aromatic carbocycles. The molecule has 0 saturated carbocycles. The molecule has 2 nitrogen and oxygen atoms in total. The summed E-state index contributed by atoms with van der Waals surface area (Å²) in [6.45, 7) is 2.09. The van der Waals surface area contributed by atoms with Crippen molar-refractivity contribution in [2.45, 2.75) is 13.3 Å². The van der Waals surface area contributed by atoms with Gasteiger partial charge in [-0.15, -0.1) is 0 Å². The number of para-hydroxylation sites is 1. The second kappa shape index (κ2) is 4.57. The number of hydrogen-bond donors (Lipinski definition) is 0. The number of aromatic nitrogens is 2. The van der Waals surface area contributed by atoms with Crippen LogP contribution in [0.5, 0.6) is 0 Å². The lowest BCUT2D eigenvalue weighted by molar-refractivity contribution is 1.06. The Bertz CT molecular complexity index is 689. The SMILES string of the molecule is Cc1ccnc(Cc2cnc3ccccc3c2)c1. The normalized spacial score (nSPS) is 10.7. The van der Waals surface area contributed by atoms with E-state index in [0.29, 0.717) is 0 Å². The quantitative estimate of drug-likeness (QED) is 0.678. The van der Waals surface area contributed by atoms with E-state index in [1.807, 2.05) is 36.7 Å². The largest absolute Gasteiger partial charge is 0.261 e. The van der Waals surface area contributed by atoms with Crippen LogP contribution in [-0.2, 0) is 6.42 Å². The van der Waals surface area contributed by atoms with E-state index in [9.17, 15) is 0 Å². The Hall–Kier alpha value is -2.22. The van der Waals surface area contributed by atoms with Crippen molar-refractivity contribution in [3.05, 3.63) is 71.7 Å². The van der Waals surface area contributed by atoms with Gasteiger partial charge in [-0.05, 0) is 42.3 Å². The zero-order valence-corrected chi connectivity index (χ0v) is 10.3. The van der Waals surface area contributed by atoms with Gasteiger partial charge < -0.3 is 0 Å². The van der Waals surface area contributed by atoms with Crippen LogP contribution in [0, 0.1) is 6.92 Å². The van der Waals surface area contributed by atoms with E-state index < -0.39 is 0 Å². The van der Waals surface area contributed by atoms with Crippen molar-refractivity contribution in [3.63, 3.8) is 0 Å². The molecule has 0 aliphatic heterocycles. The van der Waals surface area contributed by atoms with Crippen LogP contribution in [0.25, 0.3) is 10.9 Å². The first-order valence-electron chi connectivity index (χ1n) is 6.06. The van der Waals surface area contributed by atoms with E-state index in [1.165, 1.54) is 16.5 Å². The van der Waals surface area contributed by atoms with Crippen LogP contribution in [0.3, 0.4) is 0 Å². The molecule has 18 heavy (non-hydrogen) atoms. The minimum absolute atomic E-state index is 0.833. The molecule has 0 spiro atoms. The summed E-state index contributed by atoms with van der Waals surface area (Å²) in [6.07, 6.45) is 4.63. The summed E-state index contributed by atoms with van der Waals surface area (Å²) >= 11 is 0. The Morgan fingerprint density at radius 1 is 1.00 bits per heavy atom. The summed E-state index contributed by atoms with van der Waals surface area (Å²) in [5, 5.41) is 1.18. The van der Waals surface area contributed by atoms with E-state index >= 15 is 0 Å². The minimum atomic E-state index is 0.833. The van der Waals surface area contributed by atoms with Crippen LogP contribution >= 0.6 is 0 Å². The lowest BCUT2D eigenvalue weighted by Gasteiger charge is -2.03. The van der Waals surface area contributed by atoms with Crippen LogP contribution in [0.4, 0.5) is 0 Å². The molecule has 0 amide bonds. The summed E-state index contributed by atoms with van der Waals surface area (Å²) in [5.41, 5.74) is 4.58. The van der Waals surface area contributed by atoms with Crippen molar-refractivity contribution in [2.75, 3.05) is 0 Å². The topological polar surface area (TPSA) is 25.8 Å². The van der Waals surface area contributed by atoms with Gasteiger partial charge in [0.1, 0.15) is 0 Å². The summed E-state index contributed by atoms with van der Waals surface area (Å²) in [5.74, 6) is 0. The highest BCUT2D eigenvalue weighted by atomic mass is 14.7. The molecule has 2 heterocycles. The number of fused-ring (bicyclic) bond motifs is 1. The fourth-order valence-electron chi connectivity index (χ4n) is 2.12. The fraction of sp³-hybridized carbons (Fsp3) is 0.125. The van der Waals surface area contributed by atoms with Gasteiger partial charge in [-0.25, -0.2) is 0 Å². The average molecular weight is 234 g/mol. The molecular formula is C16H14N2. The van der Waals surface area contributed by atoms with Crippen molar-refractivity contribution in [3.8, 4) is 0 Å². The van der Waals surface area contributed by atoms with Gasteiger partial charge in [0.15, 0.2) is 0 Å². The number of aryl methyl sites for hydroxylation is 1. The summed E-state index contributed by atoms with van der Waals surface area (Å²) in [7, 11) is 0. The first-order valence-corrected chi connectivity index (χ1v) is 6.06. The van der Waals surface area contributed by atoms with Crippen LogP contribution < -0.4 is 0 Å². The van der Waals surface area contributed by atoms with Crippen LogP contribution in [0.15, 0.2) is 54.9 Å². The van der Waals surface area contributed by atoms with Gasteiger partial charge in [0.2, 0.25) is 0 Å². The first kappa shape index (κ1) is 10.9. The first-order chi connectivity index (χ1) is 8.81. The van der Waals surface area contributed by atoms with Crippen LogP contribution in [-0.4, -0.2) is 9.97 Å². The van der Waals surface area contributed by atoms with E-state index in [4.69, 9.17) is 0 Å².